The summed E-state index contributed by atoms with van der Waals surface area (Å²) < 4.78 is 5.14. The molecule has 3 amide bonds. The van der Waals surface area contributed by atoms with Crippen LogP contribution in [0.5, 0.6) is 0 Å². The van der Waals surface area contributed by atoms with Gasteiger partial charge in [0, 0.05) is 29.1 Å². The molecule has 1 aliphatic heterocycles. The third-order valence-corrected chi connectivity index (χ3v) is 4.94. The van der Waals surface area contributed by atoms with Crippen LogP contribution in [0.15, 0.2) is 29.6 Å². The lowest BCUT2D eigenvalue weighted by atomic mass is 10.2. The van der Waals surface area contributed by atoms with E-state index in [4.69, 9.17) is 16.3 Å². The van der Waals surface area contributed by atoms with E-state index in [1.165, 1.54) is 18.3 Å². The summed E-state index contributed by atoms with van der Waals surface area (Å²) >= 11 is 7.28. The minimum atomic E-state index is -1.03. The number of nitrogens with one attached hydrogen (secondary N) is 1. The van der Waals surface area contributed by atoms with Crippen molar-refractivity contribution in [3.05, 3.63) is 40.4 Å². The maximum Gasteiger partial charge on any atom is 0.324 e. The van der Waals surface area contributed by atoms with Gasteiger partial charge in [-0.15, -0.1) is 11.3 Å². The predicted molar refractivity (Wildman–Crippen MR) is 96.9 cm³/mol. The highest BCUT2D eigenvalue weighted by Gasteiger charge is 2.31. The quantitative estimate of drug-likeness (QED) is 0.788. The molecule has 1 aromatic carbocycles. The zero-order valence-electron chi connectivity index (χ0n) is 13.9. The van der Waals surface area contributed by atoms with Gasteiger partial charge in [-0.3, -0.25) is 14.5 Å². The zero-order valence-corrected chi connectivity index (χ0v) is 15.5. The van der Waals surface area contributed by atoms with Gasteiger partial charge in [0.2, 0.25) is 0 Å². The number of benzene rings is 1. The Labute approximate surface area is 158 Å². The smallest absolute Gasteiger partial charge is 0.324 e. The average Bonchev–Trinajstić information content (AvgIpc) is 3.23. The van der Waals surface area contributed by atoms with Gasteiger partial charge >= 0.3 is 12.0 Å². The molecule has 9 heteroatoms. The van der Waals surface area contributed by atoms with Crippen molar-refractivity contribution in [1.29, 1.82) is 0 Å². The van der Waals surface area contributed by atoms with Gasteiger partial charge < -0.3 is 10.1 Å². The Morgan fingerprint density at radius 3 is 2.77 bits per heavy atom. The number of rotatable bonds is 5. The minimum absolute atomic E-state index is 0.0477. The molecule has 1 atom stereocenters. The van der Waals surface area contributed by atoms with Crippen LogP contribution >= 0.6 is 22.9 Å². The first-order valence-electron chi connectivity index (χ1n) is 7.93. The number of carbonyl (C=O) groups is 3. The summed E-state index contributed by atoms with van der Waals surface area (Å²) in [6.07, 6.45) is -1.07. The van der Waals surface area contributed by atoms with Gasteiger partial charge in [0.1, 0.15) is 5.01 Å². The van der Waals surface area contributed by atoms with Crippen LogP contribution in [0.1, 0.15) is 12.6 Å². The van der Waals surface area contributed by atoms with Gasteiger partial charge in [0.25, 0.3) is 5.91 Å². The highest BCUT2D eigenvalue weighted by molar-refractivity contribution is 7.13. The molecule has 0 aliphatic carbocycles. The Kier molecular flexibility index (Phi) is 5.53. The van der Waals surface area contributed by atoms with Crippen molar-refractivity contribution in [2.75, 3.05) is 13.1 Å². The number of thiazole rings is 1. The molecule has 0 bridgehead atoms. The van der Waals surface area contributed by atoms with E-state index in [2.05, 4.69) is 10.3 Å². The fraction of sp³-hybridized carbons (Fsp3) is 0.294. The van der Waals surface area contributed by atoms with Crippen molar-refractivity contribution in [3.8, 4) is 10.6 Å². The molecular weight excluding hydrogens is 378 g/mol. The maximum absolute atomic E-state index is 12.1. The van der Waals surface area contributed by atoms with Crippen molar-refractivity contribution in [2.24, 2.45) is 0 Å². The molecule has 0 spiro atoms. The summed E-state index contributed by atoms with van der Waals surface area (Å²) in [5, 5.41) is 5.70. The third-order valence-electron chi connectivity index (χ3n) is 3.75. The second-order valence-corrected chi connectivity index (χ2v) is 6.98. The summed E-state index contributed by atoms with van der Waals surface area (Å²) in [6, 6.07) is 6.78. The van der Waals surface area contributed by atoms with Gasteiger partial charge in [0.05, 0.1) is 12.1 Å². The molecule has 1 N–H and O–H groups in total. The van der Waals surface area contributed by atoms with Crippen LogP contribution in [0.2, 0.25) is 5.02 Å². The molecule has 0 saturated carbocycles. The lowest BCUT2D eigenvalue weighted by molar-refractivity contribution is -0.156. The number of hydrogen-bond donors (Lipinski definition) is 1. The number of hydrogen-bond acceptors (Lipinski definition) is 6. The van der Waals surface area contributed by atoms with Crippen molar-refractivity contribution in [3.63, 3.8) is 0 Å². The van der Waals surface area contributed by atoms with E-state index in [9.17, 15) is 14.4 Å². The van der Waals surface area contributed by atoms with Gasteiger partial charge in [-0.05, 0) is 19.1 Å². The molecule has 1 aliphatic rings. The zero-order chi connectivity index (χ0) is 18.7. The molecule has 3 rings (SSSR count). The van der Waals surface area contributed by atoms with E-state index in [0.717, 1.165) is 15.5 Å². The summed E-state index contributed by atoms with van der Waals surface area (Å²) in [7, 11) is 0. The second kappa shape index (κ2) is 7.84. The minimum Gasteiger partial charge on any atom is -0.452 e. The SMILES string of the molecule is C[C@@H](OC(=O)Cc1csc(-c2ccc(Cl)cc2)n1)C(=O)N1CCNC1=O. The largest absolute Gasteiger partial charge is 0.452 e. The lowest BCUT2D eigenvalue weighted by Gasteiger charge is -2.17. The van der Waals surface area contributed by atoms with Crippen molar-refractivity contribution in [1.82, 2.24) is 15.2 Å². The van der Waals surface area contributed by atoms with Gasteiger partial charge in [-0.2, -0.15) is 0 Å². The van der Waals surface area contributed by atoms with Crippen LogP contribution in [0.4, 0.5) is 4.79 Å². The maximum atomic E-state index is 12.1. The Balaban J connectivity index is 1.57. The van der Waals surface area contributed by atoms with Crippen LogP contribution in [-0.4, -0.2) is 47.0 Å². The summed E-state index contributed by atoms with van der Waals surface area (Å²) in [5.74, 6) is -1.10. The molecule has 0 radical (unpaired) electrons. The van der Waals surface area contributed by atoms with Crippen molar-refractivity contribution in [2.45, 2.75) is 19.4 Å². The molecule has 7 nitrogen and oxygen atoms in total. The standard InChI is InChI=1S/C17H16ClN3O4S/c1-10(16(23)21-7-6-19-17(21)24)25-14(22)8-13-9-26-15(20-13)11-2-4-12(18)5-3-11/h2-5,9-10H,6-8H2,1H3,(H,19,24)/t10-/m1/s1. The number of ether oxygens (including phenoxy) is 1. The van der Waals surface area contributed by atoms with Crippen LogP contribution in [0.3, 0.4) is 0 Å². The predicted octanol–water partition coefficient (Wildman–Crippen LogP) is 2.49. The Bertz CT molecular complexity index is 837. The monoisotopic (exact) mass is 393 g/mol. The molecule has 26 heavy (non-hydrogen) atoms. The number of carbonyl (C=O) groups excluding carboxylic acids is 3. The summed E-state index contributed by atoms with van der Waals surface area (Å²) in [4.78, 5) is 41.1. The fourth-order valence-corrected chi connectivity index (χ4v) is 3.40. The first kappa shape index (κ1) is 18.3. The molecule has 1 aromatic heterocycles. The van der Waals surface area contributed by atoms with Crippen LogP contribution in [-0.2, 0) is 20.7 Å². The normalized spacial score (nSPS) is 14.8. The Morgan fingerprint density at radius 1 is 1.38 bits per heavy atom. The number of imide groups is 1. The van der Waals surface area contributed by atoms with E-state index in [1.807, 2.05) is 12.1 Å². The molecule has 0 unspecified atom stereocenters. The molecule has 2 aromatic rings. The fourth-order valence-electron chi connectivity index (χ4n) is 2.45. The summed E-state index contributed by atoms with van der Waals surface area (Å²) in [5.41, 5.74) is 1.46. The first-order chi connectivity index (χ1) is 12.4. The highest BCUT2D eigenvalue weighted by Crippen LogP contribution is 2.25. The third kappa shape index (κ3) is 4.20. The van der Waals surface area contributed by atoms with E-state index >= 15 is 0 Å². The molecule has 136 valence electrons. The first-order valence-corrected chi connectivity index (χ1v) is 9.19. The van der Waals surface area contributed by atoms with E-state index in [1.54, 1.807) is 17.5 Å². The van der Waals surface area contributed by atoms with E-state index in [0.29, 0.717) is 17.3 Å². The number of esters is 1. The number of nitrogens with zero attached hydrogens (tertiary/aromatic N) is 2. The molecule has 2 heterocycles. The van der Waals surface area contributed by atoms with Gasteiger partial charge in [0.15, 0.2) is 6.10 Å². The number of urea groups is 1. The van der Waals surface area contributed by atoms with Crippen LogP contribution < -0.4 is 5.32 Å². The van der Waals surface area contributed by atoms with E-state index < -0.39 is 24.0 Å². The molecular formula is C17H16ClN3O4S. The second-order valence-electron chi connectivity index (χ2n) is 5.68. The average molecular weight is 394 g/mol. The topological polar surface area (TPSA) is 88.6 Å². The highest BCUT2D eigenvalue weighted by atomic mass is 35.5. The van der Waals surface area contributed by atoms with Crippen molar-refractivity contribution >= 4 is 40.8 Å². The number of amides is 3. The Morgan fingerprint density at radius 2 is 2.12 bits per heavy atom. The number of halogens is 1. The van der Waals surface area contributed by atoms with Gasteiger partial charge in [-0.1, -0.05) is 23.7 Å². The molecule has 1 saturated heterocycles. The van der Waals surface area contributed by atoms with E-state index in [-0.39, 0.29) is 13.0 Å². The lowest BCUT2D eigenvalue weighted by Crippen LogP contribution is -2.42. The van der Waals surface area contributed by atoms with Gasteiger partial charge in [-0.25, -0.2) is 9.78 Å². The molecule has 1 fully saturated rings. The van der Waals surface area contributed by atoms with Crippen molar-refractivity contribution < 1.29 is 19.1 Å². The van der Waals surface area contributed by atoms with Crippen LogP contribution in [0, 0.1) is 0 Å². The number of aromatic nitrogens is 1. The Hall–Kier alpha value is -2.45. The summed E-state index contributed by atoms with van der Waals surface area (Å²) in [6.45, 7) is 2.12. The van der Waals surface area contributed by atoms with Crippen LogP contribution in [0.25, 0.3) is 10.6 Å².